The van der Waals surface area contributed by atoms with Gasteiger partial charge < -0.3 is 10.2 Å². The fraction of sp³-hybridized carbons (Fsp3) is 0.550. The molecule has 1 saturated carbocycles. The molecular weight excluding hydrogens is 376 g/mol. The summed E-state index contributed by atoms with van der Waals surface area (Å²) in [6.07, 6.45) is 6.57. The number of aromatic nitrogens is 2. The van der Waals surface area contributed by atoms with Crippen LogP contribution < -0.4 is 5.32 Å². The second kappa shape index (κ2) is 9.06. The number of carbonyl (C=O) groups is 1. The summed E-state index contributed by atoms with van der Waals surface area (Å²) in [7, 11) is 0. The molecule has 1 aliphatic heterocycles. The predicted octanol–water partition coefficient (Wildman–Crippen LogP) is 4.28. The zero-order valence-corrected chi connectivity index (χ0v) is 17.1. The Kier molecular flexibility index (Phi) is 6.29. The van der Waals surface area contributed by atoms with Crippen LogP contribution in [0.5, 0.6) is 0 Å². The number of nitrogens with zero attached hydrogens (tertiary/aromatic N) is 3. The maximum absolute atomic E-state index is 12.6. The molecule has 1 aromatic carbocycles. The number of carbonyl (C=O) groups excluding carboxylic acids is 1. The standard InChI is InChI=1S/C20H26N4OS2/c25-18(24-11-10-16-8-4-5-9-17(16)13-24)14-26-20-23-22-19(27-20)21-12-15-6-2-1-3-7-15/h1-3,6-7,16-17H,4-5,8-14H2,(H,21,22)/t16-,17-/m0/s1. The van der Waals surface area contributed by atoms with E-state index in [1.54, 1.807) is 0 Å². The molecule has 0 radical (unpaired) electrons. The maximum Gasteiger partial charge on any atom is 0.233 e. The van der Waals surface area contributed by atoms with Gasteiger partial charge in [-0.25, -0.2) is 0 Å². The first-order chi connectivity index (χ1) is 13.3. The van der Waals surface area contributed by atoms with Crippen molar-refractivity contribution in [2.24, 2.45) is 11.8 Å². The first kappa shape index (κ1) is 18.7. The minimum atomic E-state index is 0.248. The molecule has 27 heavy (non-hydrogen) atoms. The van der Waals surface area contributed by atoms with Crippen LogP contribution in [0.2, 0.25) is 0 Å². The van der Waals surface area contributed by atoms with E-state index in [0.717, 1.165) is 40.9 Å². The molecule has 2 aliphatic rings. The number of hydrogen-bond acceptors (Lipinski definition) is 6. The number of piperidine rings is 1. The molecule has 2 atom stereocenters. The summed E-state index contributed by atoms with van der Waals surface area (Å²) in [4.78, 5) is 14.7. The second-order valence-electron chi connectivity index (χ2n) is 7.43. The van der Waals surface area contributed by atoms with Crippen LogP contribution in [0.4, 0.5) is 5.13 Å². The third kappa shape index (κ3) is 5.02. The number of nitrogens with one attached hydrogen (secondary N) is 1. The monoisotopic (exact) mass is 402 g/mol. The van der Waals surface area contributed by atoms with Crippen molar-refractivity contribution in [3.63, 3.8) is 0 Å². The minimum Gasteiger partial charge on any atom is -0.356 e. The van der Waals surface area contributed by atoms with Gasteiger partial charge >= 0.3 is 0 Å². The molecule has 1 saturated heterocycles. The molecule has 2 fully saturated rings. The van der Waals surface area contributed by atoms with Gasteiger partial charge in [-0.1, -0.05) is 72.7 Å². The SMILES string of the molecule is O=C(CSc1nnc(NCc2ccccc2)s1)N1CC[C@@H]2CCCC[C@H]2C1. The average molecular weight is 403 g/mol. The number of thioether (sulfide) groups is 1. The van der Waals surface area contributed by atoms with Gasteiger partial charge in [0.15, 0.2) is 4.34 Å². The van der Waals surface area contributed by atoms with Gasteiger partial charge in [0.05, 0.1) is 5.75 Å². The summed E-state index contributed by atoms with van der Waals surface area (Å²) in [5.74, 6) is 2.30. The number of likely N-dealkylation sites (tertiary alicyclic amines) is 1. The Labute approximate surface area is 168 Å². The fourth-order valence-corrected chi connectivity index (χ4v) is 5.81. The normalized spacial score (nSPS) is 22.3. The molecular formula is C20H26N4OS2. The Balaban J connectivity index is 1.23. The summed E-state index contributed by atoms with van der Waals surface area (Å²) in [6.45, 7) is 2.63. The quantitative estimate of drug-likeness (QED) is 0.731. The number of benzene rings is 1. The van der Waals surface area contributed by atoms with E-state index in [1.165, 1.54) is 60.8 Å². The Morgan fingerprint density at radius 1 is 1.15 bits per heavy atom. The number of hydrogen-bond donors (Lipinski definition) is 1. The van der Waals surface area contributed by atoms with Crippen molar-refractivity contribution in [1.82, 2.24) is 15.1 Å². The number of rotatable bonds is 6. The van der Waals surface area contributed by atoms with Crippen molar-refractivity contribution in [2.75, 3.05) is 24.2 Å². The molecule has 4 rings (SSSR count). The number of anilines is 1. The molecule has 0 spiro atoms. The first-order valence-corrected chi connectivity index (χ1v) is 11.6. The second-order valence-corrected chi connectivity index (χ2v) is 9.63. The van der Waals surface area contributed by atoms with E-state index >= 15 is 0 Å². The van der Waals surface area contributed by atoms with E-state index in [-0.39, 0.29) is 5.91 Å². The predicted molar refractivity (Wildman–Crippen MR) is 111 cm³/mol. The average Bonchev–Trinajstić information content (AvgIpc) is 3.19. The summed E-state index contributed by atoms with van der Waals surface area (Å²) in [5.41, 5.74) is 1.21. The van der Waals surface area contributed by atoms with Crippen LogP contribution in [0.15, 0.2) is 34.7 Å². The topological polar surface area (TPSA) is 58.1 Å². The lowest BCUT2D eigenvalue weighted by Crippen LogP contribution is -2.45. The van der Waals surface area contributed by atoms with Crippen LogP contribution >= 0.6 is 23.1 Å². The molecule has 5 nitrogen and oxygen atoms in total. The van der Waals surface area contributed by atoms with E-state index in [2.05, 4.69) is 32.5 Å². The van der Waals surface area contributed by atoms with Gasteiger partial charge in [0, 0.05) is 19.6 Å². The van der Waals surface area contributed by atoms with Crippen LogP contribution in [0, 0.1) is 11.8 Å². The molecule has 1 aliphatic carbocycles. The zero-order chi connectivity index (χ0) is 18.5. The number of amides is 1. The Bertz CT molecular complexity index is 751. The molecule has 0 unspecified atom stereocenters. The van der Waals surface area contributed by atoms with Gasteiger partial charge in [-0.3, -0.25) is 4.79 Å². The lowest BCUT2D eigenvalue weighted by Gasteiger charge is -2.41. The fourth-order valence-electron chi connectivity index (χ4n) is 4.16. The van der Waals surface area contributed by atoms with Crippen molar-refractivity contribution in [1.29, 1.82) is 0 Å². The first-order valence-electron chi connectivity index (χ1n) is 9.80. The summed E-state index contributed by atoms with van der Waals surface area (Å²) < 4.78 is 0.853. The van der Waals surface area contributed by atoms with Crippen molar-refractivity contribution < 1.29 is 4.79 Å². The van der Waals surface area contributed by atoms with Crippen LogP contribution in [0.3, 0.4) is 0 Å². The largest absolute Gasteiger partial charge is 0.356 e. The van der Waals surface area contributed by atoms with Gasteiger partial charge in [-0.15, -0.1) is 10.2 Å². The van der Waals surface area contributed by atoms with E-state index in [4.69, 9.17) is 0 Å². The zero-order valence-electron chi connectivity index (χ0n) is 15.5. The molecule has 2 heterocycles. The third-order valence-corrected chi connectivity index (χ3v) is 7.66. The Morgan fingerprint density at radius 2 is 1.96 bits per heavy atom. The van der Waals surface area contributed by atoms with Crippen molar-refractivity contribution >= 4 is 34.1 Å². The molecule has 7 heteroatoms. The smallest absolute Gasteiger partial charge is 0.233 e. The van der Waals surface area contributed by atoms with Crippen molar-refractivity contribution in [2.45, 2.75) is 43.0 Å². The van der Waals surface area contributed by atoms with E-state index in [9.17, 15) is 4.79 Å². The number of fused-ring (bicyclic) bond motifs is 1. The van der Waals surface area contributed by atoms with E-state index in [0.29, 0.717) is 5.75 Å². The highest BCUT2D eigenvalue weighted by Crippen LogP contribution is 2.36. The molecule has 2 aromatic rings. The minimum absolute atomic E-state index is 0.248. The molecule has 0 bridgehead atoms. The summed E-state index contributed by atoms with van der Waals surface area (Å²) in [5, 5.41) is 12.5. The van der Waals surface area contributed by atoms with Gasteiger partial charge in [-0.05, 0) is 30.2 Å². The van der Waals surface area contributed by atoms with Crippen LogP contribution in [-0.2, 0) is 11.3 Å². The van der Waals surface area contributed by atoms with Crippen molar-refractivity contribution in [3.8, 4) is 0 Å². The van der Waals surface area contributed by atoms with Gasteiger partial charge in [-0.2, -0.15) is 0 Å². The highest BCUT2D eigenvalue weighted by atomic mass is 32.2. The summed E-state index contributed by atoms with van der Waals surface area (Å²) >= 11 is 3.03. The molecule has 144 valence electrons. The Hall–Kier alpha value is -1.60. The lowest BCUT2D eigenvalue weighted by molar-refractivity contribution is -0.131. The van der Waals surface area contributed by atoms with Gasteiger partial charge in [0.25, 0.3) is 0 Å². The van der Waals surface area contributed by atoms with Crippen LogP contribution in [0.25, 0.3) is 0 Å². The van der Waals surface area contributed by atoms with Gasteiger partial charge in [0.2, 0.25) is 11.0 Å². The highest BCUT2D eigenvalue weighted by molar-refractivity contribution is 8.01. The Morgan fingerprint density at radius 3 is 2.81 bits per heavy atom. The maximum atomic E-state index is 12.6. The van der Waals surface area contributed by atoms with Crippen LogP contribution in [-0.4, -0.2) is 39.8 Å². The van der Waals surface area contributed by atoms with Crippen LogP contribution in [0.1, 0.15) is 37.7 Å². The molecule has 1 N–H and O–H groups in total. The van der Waals surface area contributed by atoms with Gasteiger partial charge in [0.1, 0.15) is 0 Å². The molecule has 1 amide bonds. The highest BCUT2D eigenvalue weighted by Gasteiger charge is 2.32. The molecule has 1 aromatic heterocycles. The van der Waals surface area contributed by atoms with E-state index < -0.39 is 0 Å². The van der Waals surface area contributed by atoms with Crippen molar-refractivity contribution in [3.05, 3.63) is 35.9 Å². The third-order valence-electron chi connectivity index (χ3n) is 5.66. The summed E-state index contributed by atoms with van der Waals surface area (Å²) in [6, 6.07) is 10.2. The lowest BCUT2D eigenvalue weighted by atomic mass is 9.75. The van der Waals surface area contributed by atoms with E-state index in [1.807, 2.05) is 18.2 Å².